The first kappa shape index (κ1) is 16.9. The van der Waals surface area contributed by atoms with Crippen molar-refractivity contribution in [3.63, 3.8) is 0 Å². The number of hydrogen-bond donors (Lipinski definition) is 2. The van der Waals surface area contributed by atoms with Gasteiger partial charge in [0.1, 0.15) is 5.76 Å². The molecular weight excluding hydrogens is 294 g/mol. The summed E-state index contributed by atoms with van der Waals surface area (Å²) in [4.78, 5) is 28.5. The van der Waals surface area contributed by atoms with E-state index < -0.39 is 11.4 Å². The fraction of sp³-hybridized carbons (Fsp3) is 0.389. The minimum atomic E-state index is -1.21. The number of Topliss-reactive ketones (excluding diaryl/α,β-unsaturated/α-hetero) is 1. The molecule has 0 fully saturated rings. The average Bonchev–Trinajstić information content (AvgIpc) is 2.53. The van der Waals surface area contributed by atoms with E-state index in [2.05, 4.69) is 4.99 Å². The molecule has 0 aliphatic heterocycles. The molecule has 1 aliphatic carbocycles. The van der Waals surface area contributed by atoms with Gasteiger partial charge in [-0.25, -0.2) is 0 Å². The molecule has 0 heterocycles. The van der Waals surface area contributed by atoms with Gasteiger partial charge in [-0.2, -0.15) is 0 Å². The van der Waals surface area contributed by atoms with E-state index in [1.54, 1.807) is 6.92 Å². The number of carboxylic acid groups (broad SMARTS) is 1. The van der Waals surface area contributed by atoms with Gasteiger partial charge in [-0.1, -0.05) is 32.0 Å². The van der Waals surface area contributed by atoms with Gasteiger partial charge in [0.25, 0.3) is 0 Å². The van der Waals surface area contributed by atoms with Crippen molar-refractivity contribution >= 4 is 23.2 Å². The van der Waals surface area contributed by atoms with Crippen LogP contribution >= 0.6 is 0 Å². The number of aliphatic imine (C=N–C) groups is 1. The molecule has 0 saturated heterocycles. The molecule has 23 heavy (non-hydrogen) atoms. The van der Waals surface area contributed by atoms with Gasteiger partial charge in [0, 0.05) is 12.8 Å². The van der Waals surface area contributed by atoms with Gasteiger partial charge in [0.05, 0.1) is 22.4 Å². The van der Waals surface area contributed by atoms with Gasteiger partial charge in [-0.05, 0) is 25.0 Å². The predicted molar refractivity (Wildman–Crippen MR) is 88.1 cm³/mol. The van der Waals surface area contributed by atoms with E-state index in [1.165, 1.54) is 0 Å². The largest absolute Gasteiger partial charge is 0.511 e. The second-order valence-electron chi connectivity index (χ2n) is 5.79. The first-order valence-electron chi connectivity index (χ1n) is 7.75. The molecule has 2 N–H and O–H groups in total. The summed E-state index contributed by atoms with van der Waals surface area (Å²) >= 11 is 0. The smallest absolute Gasteiger partial charge is 0.310 e. The van der Waals surface area contributed by atoms with Crippen LogP contribution in [0.2, 0.25) is 0 Å². The minimum absolute atomic E-state index is 0.0340. The van der Waals surface area contributed by atoms with E-state index in [9.17, 15) is 19.8 Å². The summed E-state index contributed by atoms with van der Waals surface area (Å²) in [5, 5.41) is 19.8. The van der Waals surface area contributed by atoms with Crippen LogP contribution in [0.15, 0.2) is 46.7 Å². The fourth-order valence-corrected chi connectivity index (χ4v) is 2.88. The van der Waals surface area contributed by atoms with Crippen molar-refractivity contribution in [1.82, 2.24) is 0 Å². The molecule has 1 atom stereocenters. The number of aliphatic carboxylic acids is 1. The third kappa shape index (κ3) is 3.33. The number of nitrogens with zero attached hydrogens (tertiary/aromatic N) is 1. The number of aliphatic hydroxyl groups excluding tert-OH is 1. The molecular formula is C18H21NO4. The number of para-hydroxylation sites is 1. The number of allylic oxidation sites excluding steroid dienone is 2. The molecule has 0 saturated carbocycles. The standard InChI is InChI=1S/C18H21NO4/c1-3-13(19-12-8-6-5-7-9-12)16-14(20)10-18(4-2,17(22)23)11-15(16)21/h5-9,20H,3-4,10-11H2,1-2H3,(H,22,23). The third-order valence-electron chi connectivity index (χ3n) is 4.35. The Morgan fingerprint density at radius 3 is 2.35 bits per heavy atom. The summed E-state index contributed by atoms with van der Waals surface area (Å²) in [5.74, 6) is -1.56. The number of carbonyl (C=O) groups is 2. The van der Waals surface area contributed by atoms with Crippen LogP contribution in [0.4, 0.5) is 5.69 Å². The monoisotopic (exact) mass is 315 g/mol. The van der Waals surface area contributed by atoms with Gasteiger partial charge in [0.2, 0.25) is 0 Å². The molecule has 0 amide bonds. The van der Waals surface area contributed by atoms with Crippen molar-refractivity contribution in [2.45, 2.75) is 39.5 Å². The molecule has 0 spiro atoms. The first-order chi connectivity index (χ1) is 10.9. The van der Waals surface area contributed by atoms with E-state index in [-0.39, 0.29) is 30.0 Å². The lowest BCUT2D eigenvalue weighted by Crippen LogP contribution is -2.38. The molecule has 0 bridgehead atoms. The van der Waals surface area contributed by atoms with Crippen molar-refractivity contribution in [1.29, 1.82) is 0 Å². The number of benzene rings is 1. The maximum absolute atomic E-state index is 12.5. The highest BCUT2D eigenvalue weighted by Crippen LogP contribution is 2.40. The molecule has 0 radical (unpaired) electrons. The summed E-state index contributed by atoms with van der Waals surface area (Å²) in [5.41, 5.74) is 0.162. The van der Waals surface area contributed by atoms with Gasteiger partial charge in [0.15, 0.2) is 5.78 Å². The number of carboxylic acids is 1. The SMILES string of the molecule is CCC(=Nc1ccccc1)C1=C(O)CC(CC)(C(=O)O)CC1=O. The van der Waals surface area contributed by atoms with E-state index in [0.717, 1.165) is 0 Å². The van der Waals surface area contributed by atoms with Crippen LogP contribution in [0.25, 0.3) is 0 Å². The Morgan fingerprint density at radius 1 is 1.22 bits per heavy atom. The second-order valence-corrected chi connectivity index (χ2v) is 5.79. The number of aliphatic hydroxyl groups is 1. The molecule has 2 rings (SSSR count). The maximum Gasteiger partial charge on any atom is 0.310 e. The van der Waals surface area contributed by atoms with Gasteiger partial charge in [-0.15, -0.1) is 0 Å². The van der Waals surface area contributed by atoms with Crippen molar-refractivity contribution in [3.8, 4) is 0 Å². The number of rotatable bonds is 5. The normalized spacial score (nSPS) is 22.3. The van der Waals surface area contributed by atoms with Crippen molar-refractivity contribution in [2.75, 3.05) is 0 Å². The Hall–Kier alpha value is -2.43. The quantitative estimate of drug-likeness (QED) is 0.808. The van der Waals surface area contributed by atoms with E-state index in [4.69, 9.17) is 0 Å². The Balaban J connectivity index is 2.45. The topological polar surface area (TPSA) is 87.0 Å². The Labute approximate surface area is 135 Å². The summed E-state index contributed by atoms with van der Waals surface area (Å²) in [6, 6.07) is 9.18. The zero-order valence-corrected chi connectivity index (χ0v) is 13.4. The molecule has 1 aromatic carbocycles. The Kier molecular flexibility index (Phi) is 4.98. The van der Waals surface area contributed by atoms with Crippen LogP contribution in [0.1, 0.15) is 39.5 Å². The van der Waals surface area contributed by atoms with Gasteiger partial charge >= 0.3 is 5.97 Å². The summed E-state index contributed by atoms with van der Waals surface area (Å²) < 4.78 is 0. The first-order valence-corrected chi connectivity index (χ1v) is 7.75. The molecule has 1 aromatic rings. The fourth-order valence-electron chi connectivity index (χ4n) is 2.88. The van der Waals surface area contributed by atoms with Gasteiger partial charge in [-0.3, -0.25) is 14.6 Å². The Bertz CT molecular complexity index is 676. The molecule has 0 aromatic heterocycles. The van der Waals surface area contributed by atoms with Crippen LogP contribution in [0, 0.1) is 5.41 Å². The van der Waals surface area contributed by atoms with E-state index in [0.29, 0.717) is 24.2 Å². The highest BCUT2D eigenvalue weighted by Gasteiger charge is 2.45. The zero-order valence-electron chi connectivity index (χ0n) is 13.4. The van der Waals surface area contributed by atoms with E-state index in [1.807, 2.05) is 37.3 Å². The lowest BCUT2D eigenvalue weighted by atomic mass is 9.71. The third-order valence-corrected chi connectivity index (χ3v) is 4.35. The summed E-state index contributed by atoms with van der Waals surface area (Å²) in [6.07, 6.45) is 0.634. The van der Waals surface area contributed by atoms with Crippen LogP contribution in [-0.2, 0) is 9.59 Å². The highest BCUT2D eigenvalue weighted by atomic mass is 16.4. The lowest BCUT2D eigenvalue weighted by molar-refractivity contribution is -0.152. The molecule has 1 aliphatic rings. The van der Waals surface area contributed by atoms with Crippen molar-refractivity contribution < 1.29 is 19.8 Å². The average molecular weight is 315 g/mol. The molecule has 1 unspecified atom stereocenters. The molecule has 122 valence electrons. The lowest BCUT2D eigenvalue weighted by Gasteiger charge is -2.32. The zero-order chi connectivity index (χ0) is 17.0. The second kappa shape index (κ2) is 6.77. The van der Waals surface area contributed by atoms with Crippen LogP contribution < -0.4 is 0 Å². The predicted octanol–water partition coefficient (Wildman–Crippen LogP) is 3.83. The summed E-state index contributed by atoms with van der Waals surface area (Å²) in [7, 11) is 0. The maximum atomic E-state index is 12.5. The van der Waals surface area contributed by atoms with Crippen molar-refractivity contribution in [2.24, 2.45) is 10.4 Å². The number of carbonyl (C=O) groups excluding carboxylic acids is 1. The van der Waals surface area contributed by atoms with Crippen molar-refractivity contribution in [3.05, 3.63) is 41.7 Å². The molecule has 5 nitrogen and oxygen atoms in total. The summed E-state index contributed by atoms with van der Waals surface area (Å²) in [6.45, 7) is 3.58. The highest BCUT2D eigenvalue weighted by molar-refractivity contribution is 6.24. The Morgan fingerprint density at radius 2 is 1.87 bits per heavy atom. The number of ketones is 1. The molecule has 5 heteroatoms. The van der Waals surface area contributed by atoms with Crippen LogP contribution in [0.3, 0.4) is 0 Å². The van der Waals surface area contributed by atoms with Crippen LogP contribution in [-0.4, -0.2) is 27.7 Å². The van der Waals surface area contributed by atoms with E-state index >= 15 is 0 Å². The minimum Gasteiger partial charge on any atom is -0.511 e. The number of hydrogen-bond acceptors (Lipinski definition) is 4. The van der Waals surface area contributed by atoms with Crippen LogP contribution in [0.5, 0.6) is 0 Å². The van der Waals surface area contributed by atoms with Gasteiger partial charge < -0.3 is 10.2 Å².